The number of carbonyl (C=O) groups is 1. The van der Waals surface area contributed by atoms with Crippen molar-refractivity contribution in [3.63, 3.8) is 0 Å². The van der Waals surface area contributed by atoms with Crippen LogP contribution in [-0.4, -0.2) is 11.6 Å². The largest absolute Gasteiger partial charge is 0.487 e. The normalized spacial score (nSPS) is 14.6. The molecule has 12 heteroatoms. The van der Waals surface area contributed by atoms with Crippen molar-refractivity contribution in [2.45, 2.75) is 13.5 Å². The minimum atomic E-state index is -2.33. The van der Waals surface area contributed by atoms with Gasteiger partial charge in [0.2, 0.25) is 5.82 Å². The van der Waals surface area contributed by atoms with Crippen LogP contribution in [0.5, 0.6) is 5.75 Å². The first-order chi connectivity index (χ1) is 17.0. The number of hydrogen-bond donors (Lipinski definition) is 0. The Labute approximate surface area is 226 Å². The molecule has 0 unspecified atom stereocenters. The Bertz CT molecular complexity index is 1430. The van der Waals surface area contributed by atoms with Crippen LogP contribution >= 0.6 is 47.8 Å². The van der Waals surface area contributed by atoms with Crippen LogP contribution in [0.1, 0.15) is 18.1 Å². The van der Waals surface area contributed by atoms with Gasteiger partial charge in [0.25, 0.3) is 5.91 Å². The molecule has 3 aromatic carbocycles. The molecular formula is C24H12Br3F5N2O2. The minimum Gasteiger partial charge on any atom is -0.487 e. The average Bonchev–Trinajstić information content (AvgIpc) is 3.10. The summed E-state index contributed by atoms with van der Waals surface area (Å²) in [7, 11) is 0. The Balaban J connectivity index is 1.73. The van der Waals surface area contributed by atoms with Gasteiger partial charge in [-0.25, -0.2) is 22.0 Å². The smallest absolute Gasteiger partial charge is 0.280 e. The van der Waals surface area contributed by atoms with Crippen molar-refractivity contribution in [2.75, 3.05) is 5.01 Å². The lowest BCUT2D eigenvalue weighted by Crippen LogP contribution is -2.25. The van der Waals surface area contributed by atoms with Crippen molar-refractivity contribution in [1.29, 1.82) is 0 Å². The van der Waals surface area contributed by atoms with Gasteiger partial charge in [0, 0.05) is 14.5 Å². The molecule has 1 aliphatic heterocycles. The molecule has 1 amide bonds. The maximum absolute atomic E-state index is 14.3. The molecule has 0 fully saturated rings. The molecule has 3 aromatic rings. The maximum atomic E-state index is 14.3. The van der Waals surface area contributed by atoms with E-state index in [1.807, 2.05) is 24.3 Å². The van der Waals surface area contributed by atoms with Crippen molar-refractivity contribution in [3.8, 4) is 5.75 Å². The second-order valence-corrected chi connectivity index (χ2v) is 10.2. The summed E-state index contributed by atoms with van der Waals surface area (Å²) in [6, 6.07) is 10.8. The number of amides is 1. The van der Waals surface area contributed by atoms with E-state index in [1.165, 1.54) is 13.0 Å². The van der Waals surface area contributed by atoms with Gasteiger partial charge in [-0.15, -0.1) is 0 Å². The standard InChI is InChI=1S/C24H12Br3F5N2O2/c1-10-15(24(35)34(33-10)22-20(31)18(29)17(28)19(30)21(22)32)7-12-6-14(26)8-16(27)23(12)36-9-11-2-4-13(25)5-3-11/h2-8H,9H2,1H3/b15-7-. The summed E-state index contributed by atoms with van der Waals surface area (Å²) in [5, 5.41) is 3.91. The van der Waals surface area contributed by atoms with E-state index in [1.54, 1.807) is 12.1 Å². The van der Waals surface area contributed by atoms with Gasteiger partial charge >= 0.3 is 0 Å². The minimum absolute atomic E-state index is 0.00102. The van der Waals surface area contributed by atoms with Crippen molar-refractivity contribution >= 4 is 71.2 Å². The van der Waals surface area contributed by atoms with Gasteiger partial charge in [-0.2, -0.15) is 10.1 Å². The quantitative estimate of drug-likeness (QED) is 0.117. The third-order valence-electron chi connectivity index (χ3n) is 5.09. The first-order valence-corrected chi connectivity index (χ1v) is 12.4. The summed E-state index contributed by atoms with van der Waals surface area (Å²) in [6.07, 6.45) is 1.36. The Kier molecular flexibility index (Phi) is 7.67. The van der Waals surface area contributed by atoms with Crippen molar-refractivity contribution in [1.82, 2.24) is 0 Å². The van der Waals surface area contributed by atoms with Crippen molar-refractivity contribution in [3.05, 3.63) is 95.6 Å². The monoisotopic (exact) mass is 692 g/mol. The summed E-state index contributed by atoms with van der Waals surface area (Å²) in [4.78, 5) is 13.0. The van der Waals surface area contributed by atoms with Gasteiger partial charge in [0.05, 0.1) is 15.8 Å². The van der Waals surface area contributed by atoms with E-state index in [9.17, 15) is 26.7 Å². The number of halogens is 8. The highest BCUT2D eigenvalue weighted by Crippen LogP contribution is 2.37. The molecule has 1 aliphatic rings. The molecule has 0 spiro atoms. The van der Waals surface area contributed by atoms with E-state index in [4.69, 9.17) is 4.74 Å². The molecular weight excluding hydrogens is 683 g/mol. The van der Waals surface area contributed by atoms with Crippen LogP contribution in [0.4, 0.5) is 27.6 Å². The lowest BCUT2D eigenvalue weighted by Gasteiger charge is -2.15. The zero-order chi connectivity index (χ0) is 26.3. The first kappa shape index (κ1) is 26.5. The number of anilines is 1. The molecule has 0 bridgehead atoms. The van der Waals surface area contributed by atoms with Crippen molar-refractivity contribution < 1.29 is 31.5 Å². The van der Waals surface area contributed by atoms with Crippen LogP contribution < -0.4 is 9.75 Å². The van der Waals surface area contributed by atoms with Gasteiger partial charge in [0.1, 0.15) is 18.0 Å². The highest BCUT2D eigenvalue weighted by molar-refractivity contribution is 9.11. The van der Waals surface area contributed by atoms with Gasteiger partial charge < -0.3 is 4.74 Å². The predicted octanol–water partition coefficient (Wildman–Crippen LogP) is 8.05. The van der Waals surface area contributed by atoms with Crippen LogP contribution in [0.2, 0.25) is 0 Å². The van der Waals surface area contributed by atoms with Gasteiger partial charge in [-0.3, -0.25) is 4.79 Å². The summed E-state index contributed by atoms with van der Waals surface area (Å²) >= 11 is 10.1. The molecule has 0 aromatic heterocycles. The number of rotatable bonds is 5. The fourth-order valence-electron chi connectivity index (χ4n) is 3.35. The van der Waals surface area contributed by atoms with E-state index >= 15 is 0 Å². The Hall–Kier alpha value is -2.57. The molecule has 0 saturated heterocycles. The van der Waals surface area contributed by atoms with E-state index in [0.717, 1.165) is 10.0 Å². The highest BCUT2D eigenvalue weighted by Gasteiger charge is 2.37. The predicted molar refractivity (Wildman–Crippen MR) is 135 cm³/mol. The maximum Gasteiger partial charge on any atom is 0.280 e. The molecule has 0 N–H and O–H groups in total. The molecule has 1 heterocycles. The van der Waals surface area contributed by atoms with Gasteiger partial charge in [-0.05, 0) is 58.8 Å². The molecule has 4 rings (SSSR count). The number of benzene rings is 3. The Morgan fingerprint density at radius 1 is 0.889 bits per heavy atom. The zero-order valence-electron chi connectivity index (χ0n) is 18.0. The van der Waals surface area contributed by atoms with E-state index in [-0.39, 0.29) is 22.9 Å². The van der Waals surface area contributed by atoms with Crippen molar-refractivity contribution in [2.24, 2.45) is 5.10 Å². The fourth-order valence-corrected chi connectivity index (χ4v) is 4.98. The second kappa shape index (κ2) is 10.4. The summed E-state index contributed by atoms with van der Waals surface area (Å²) < 4.78 is 77.6. The van der Waals surface area contributed by atoms with Crippen LogP contribution in [0.3, 0.4) is 0 Å². The number of carbonyl (C=O) groups excluding carboxylic acids is 1. The molecule has 0 radical (unpaired) electrons. The molecule has 0 aliphatic carbocycles. The molecule has 186 valence electrons. The third-order valence-corrected chi connectivity index (χ3v) is 6.67. The van der Waals surface area contributed by atoms with E-state index in [0.29, 0.717) is 20.3 Å². The Morgan fingerprint density at radius 2 is 1.47 bits per heavy atom. The topological polar surface area (TPSA) is 41.9 Å². The van der Waals surface area contributed by atoms with Gasteiger partial charge in [0.15, 0.2) is 23.3 Å². The zero-order valence-corrected chi connectivity index (χ0v) is 22.7. The first-order valence-electron chi connectivity index (χ1n) is 9.99. The summed E-state index contributed by atoms with van der Waals surface area (Å²) in [5.41, 5.74) is -0.332. The number of hydrogen-bond acceptors (Lipinski definition) is 3. The van der Waals surface area contributed by atoms with Crippen LogP contribution in [0.25, 0.3) is 6.08 Å². The third kappa shape index (κ3) is 4.98. The van der Waals surface area contributed by atoms with Crippen LogP contribution in [-0.2, 0) is 11.4 Å². The van der Waals surface area contributed by atoms with Crippen LogP contribution in [0, 0.1) is 29.1 Å². The van der Waals surface area contributed by atoms with E-state index < -0.39 is 40.7 Å². The van der Waals surface area contributed by atoms with E-state index in [2.05, 4.69) is 52.9 Å². The number of ether oxygens (including phenoxy) is 1. The Morgan fingerprint density at radius 3 is 2.08 bits per heavy atom. The lowest BCUT2D eigenvalue weighted by atomic mass is 10.1. The number of nitrogens with zero attached hydrogens (tertiary/aromatic N) is 2. The van der Waals surface area contributed by atoms with Crippen LogP contribution in [0.15, 0.2) is 60.5 Å². The molecule has 4 nitrogen and oxygen atoms in total. The molecule has 0 atom stereocenters. The lowest BCUT2D eigenvalue weighted by molar-refractivity contribution is -0.114. The average molecular weight is 695 g/mol. The highest BCUT2D eigenvalue weighted by atomic mass is 79.9. The SMILES string of the molecule is CC1=NN(c2c(F)c(F)c(F)c(F)c2F)C(=O)/C1=C\c1cc(Br)cc(Br)c1OCc1ccc(Br)cc1. The summed E-state index contributed by atoms with van der Waals surface area (Å²) in [5.74, 6) is -11.7. The fraction of sp³-hybridized carbons (Fsp3) is 0.0833. The molecule has 0 saturated carbocycles. The van der Waals surface area contributed by atoms with Gasteiger partial charge in [-0.1, -0.05) is 44.0 Å². The second-order valence-electron chi connectivity index (χ2n) is 7.50. The number of hydrazone groups is 1. The summed E-state index contributed by atoms with van der Waals surface area (Å²) in [6.45, 7) is 1.55. The molecule has 36 heavy (non-hydrogen) atoms.